The summed E-state index contributed by atoms with van der Waals surface area (Å²) in [7, 11) is 4.15. The molecule has 184 valence electrons. The Morgan fingerprint density at radius 1 is 1.09 bits per heavy atom. The van der Waals surface area contributed by atoms with E-state index in [4.69, 9.17) is 24.1 Å². The van der Waals surface area contributed by atoms with Crippen LogP contribution < -0.4 is 14.2 Å². The highest BCUT2D eigenvalue weighted by Crippen LogP contribution is 2.36. The van der Waals surface area contributed by atoms with E-state index in [2.05, 4.69) is 10.3 Å². The monoisotopic (exact) mass is 486 g/mol. The molecule has 0 radical (unpaired) electrons. The molecule has 0 fully saturated rings. The Balaban J connectivity index is 2.17. The number of ether oxygens (including phenoxy) is 4. The van der Waals surface area contributed by atoms with Crippen molar-refractivity contribution in [3.8, 4) is 17.2 Å². The number of carboxylic acid groups (broad SMARTS) is 1. The Morgan fingerprint density at radius 3 is 2.26 bits per heavy atom. The molecule has 1 heterocycles. The lowest BCUT2D eigenvalue weighted by Gasteiger charge is -2.13. The van der Waals surface area contributed by atoms with Crippen LogP contribution in [0.25, 0.3) is 0 Å². The summed E-state index contributed by atoms with van der Waals surface area (Å²) >= 11 is 0. The van der Waals surface area contributed by atoms with Gasteiger partial charge in [-0.2, -0.15) is 0 Å². The van der Waals surface area contributed by atoms with Crippen LogP contribution in [0.5, 0.6) is 17.2 Å². The fourth-order valence-corrected chi connectivity index (χ4v) is 3.38. The van der Waals surface area contributed by atoms with Gasteiger partial charge in [-0.3, -0.25) is 14.9 Å². The van der Waals surface area contributed by atoms with Gasteiger partial charge in [-0.05, 0) is 24.6 Å². The molecule has 2 aromatic carbocycles. The maximum Gasteiger partial charge on any atom is 0.506 e. The number of nitro groups is 1. The summed E-state index contributed by atoms with van der Waals surface area (Å²) in [6.07, 6.45) is -2.77. The molecule has 0 bridgehead atoms. The average molecular weight is 486 g/mol. The van der Waals surface area contributed by atoms with Crippen LogP contribution in [0.1, 0.15) is 40.3 Å². The smallest absolute Gasteiger partial charge is 0.497 e. The van der Waals surface area contributed by atoms with Crippen molar-refractivity contribution in [3.63, 3.8) is 0 Å². The largest absolute Gasteiger partial charge is 0.506 e. The van der Waals surface area contributed by atoms with Crippen molar-refractivity contribution in [2.75, 3.05) is 21.3 Å². The molecular weight excluding hydrogens is 464 g/mol. The van der Waals surface area contributed by atoms with Crippen LogP contribution in [0.4, 0.5) is 10.5 Å². The van der Waals surface area contributed by atoms with Crippen LogP contribution in [-0.2, 0) is 11.3 Å². The first-order valence-electron chi connectivity index (χ1n) is 10.1. The molecule has 0 aliphatic heterocycles. The molecule has 0 aliphatic carbocycles. The van der Waals surface area contributed by atoms with Crippen LogP contribution in [0, 0.1) is 10.1 Å². The van der Waals surface area contributed by atoms with Crippen molar-refractivity contribution in [1.82, 2.24) is 15.0 Å². The summed E-state index contributed by atoms with van der Waals surface area (Å²) in [6, 6.07) is 9.15. The highest BCUT2D eigenvalue weighted by Gasteiger charge is 2.32. The second-order valence-electron chi connectivity index (χ2n) is 7.17. The number of nitrogens with zero attached hydrogens (tertiary/aromatic N) is 4. The summed E-state index contributed by atoms with van der Waals surface area (Å²) in [5.74, 6) is -0.0591. The number of benzene rings is 2. The minimum Gasteiger partial charge on any atom is -0.497 e. The molecule has 0 aliphatic rings. The molecule has 0 saturated carbocycles. The lowest BCUT2D eigenvalue weighted by Crippen LogP contribution is -2.18. The maximum absolute atomic E-state index is 13.7. The fraction of sp³-hybridized carbons (Fsp3) is 0.273. The van der Waals surface area contributed by atoms with E-state index in [0.29, 0.717) is 11.3 Å². The third kappa shape index (κ3) is 5.29. The second-order valence-corrected chi connectivity index (χ2v) is 7.17. The third-order valence-corrected chi connectivity index (χ3v) is 5.07. The first kappa shape index (κ1) is 25.0. The number of aromatic nitrogens is 3. The molecule has 0 amide bonds. The van der Waals surface area contributed by atoms with E-state index in [1.165, 1.54) is 39.0 Å². The first-order valence-corrected chi connectivity index (χ1v) is 10.1. The van der Waals surface area contributed by atoms with Crippen molar-refractivity contribution >= 4 is 17.6 Å². The number of hydrogen-bond acceptors (Lipinski definition) is 10. The standard InChI is InChI=1S/C22H22N4O9/c1-12(35-22(28)29)19-20(25(24-23-19)11-13-5-7-14(32-2)8-6-13)21(27)15-9-17(33-3)18(34-4)10-16(15)26(30)31/h5-10,12H,11H2,1-4H3,(H,28,29). The number of carbonyl (C=O) groups is 2. The zero-order valence-corrected chi connectivity index (χ0v) is 19.3. The van der Waals surface area contributed by atoms with Gasteiger partial charge in [0.2, 0.25) is 5.78 Å². The molecule has 0 saturated heterocycles. The molecule has 3 aromatic rings. The van der Waals surface area contributed by atoms with E-state index >= 15 is 0 Å². The van der Waals surface area contributed by atoms with Gasteiger partial charge in [0.1, 0.15) is 28.8 Å². The third-order valence-electron chi connectivity index (χ3n) is 5.07. The number of hydrogen-bond donors (Lipinski definition) is 1. The van der Waals surface area contributed by atoms with Crippen molar-refractivity contribution in [3.05, 3.63) is 69.0 Å². The Labute approximate surface area is 198 Å². The summed E-state index contributed by atoms with van der Waals surface area (Å²) in [4.78, 5) is 35.8. The normalized spacial score (nSPS) is 11.4. The summed E-state index contributed by atoms with van der Waals surface area (Å²) in [5.41, 5.74) is -0.429. The molecule has 3 rings (SSSR count). The van der Waals surface area contributed by atoms with E-state index in [-0.39, 0.29) is 35.0 Å². The molecule has 35 heavy (non-hydrogen) atoms. The van der Waals surface area contributed by atoms with Gasteiger partial charge in [0.15, 0.2) is 11.5 Å². The van der Waals surface area contributed by atoms with Crippen molar-refractivity contribution in [2.24, 2.45) is 0 Å². The maximum atomic E-state index is 13.7. The minimum absolute atomic E-state index is 0.0545. The highest BCUT2D eigenvalue weighted by molar-refractivity contribution is 6.11. The molecule has 1 unspecified atom stereocenters. The first-order chi connectivity index (χ1) is 16.7. The number of nitro benzene ring substituents is 1. The van der Waals surface area contributed by atoms with Gasteiger partial charge in [0.05, 0.1) is 38.9 Å². The van der Waals surface area contributed by atoms with Gasteiger partial charge in [-0.15, -0.1) is 5.10 Å². The average Bonchev–Trinajstić information content (AvgIpc) is 3.26. The fourth-order valence-electron chi connectivity index (χ4n) is 3.38. The number of rotatable bonds is 10. The molecule has 13 nitrogen and oxygen atoms in total. The van der Waals surface area contributed by atoms with E-state index < -0.39 is 28.7 Å². The van der Waals surface area contributed by atoms with Crippen LogP contribution in [0.15, 0.2) is 36.4 Å². The summed E-state index contributed by atoms with van der Waals surface area (Å²) < 4.78 is 21.5. The molecule has 1 N–H and O–H groups in total. The van der Waals surface area contributed by atoms with E-state index in [1.807, 2.05) is 0 Å². The van der Waals surface area contributed by atoms with Gasteiger partial charge < -0.3 is 24.1 Å². The van der Waals surface area contributed by atoms with Crippen molar-refractivity contribution in [2.45, 2.75) is 19.6 Å². The SMILES string of the molecule is COc1ccc(Cn2nnc(C(C)OC(=O)O)c2C(=O)c2cc(OC)c(OC)cc2[N+](=O)[O-])cc1. The van der Waals surface area contributed by atoms with Gasteiger partial charge in [0.25, 0.3) is 5.69 Å². The van der Waals surface area contributed by atoms with Gasteiger partial charge >= 0.3 is 6.16 Å². The number of ketones is 1. The van der Waals surface area contributed by atoms with Crippen LogP contribution >= 0.6 is 0 Å². The predicted molar refractivity (Wildman–Crippen MR) is 119 cm³/mol. The predicted octanol–water partition coefficient (Wildman–Crippen LogP) is 3.25. The minimum atomic E-state index is -1.59. The second kappa shape index (κ2) is 10.5. The van der Waals surface area contributed by atoms with Crippen LogP contribution in [-0.4, -0.2) is 58.3 Å². The molecular formula is C22H22N4O9. The van der Waals surface area contributed by atoms with Gasteiger partial charge in [-0.25, -0.2) is 9.48 Å². The number of carbonyl (C=O) groups excluding carboxylic acids is 1. The Morgan fingerprint density at radius 2 is 1.71 bits per heavy atom. The topological polar surface area (TPSA) is 165 Å². The van der Waals surface area contributed by atoms with Crippen LogP contribution in [0.3, 0.4) is 0 Å². The molecule has 0 spiro atoms. The summed E-state index contributed by atoms with van der Waals surface area (Å²) in [6.45, 7) is 1.43. The Kier molecular flexibility index (Phi) is 7.49. The lowest BCUT2D eigenvalue weighted by atomic mass is 10.0. The van der Waals surface area contributed by atoms with E-state index in [0.717, 1.165) is 6.07 Å². The lowest BCUT2D eigenvalue weighted by molar-refractivity contribution is -0.385. The van der Waals surface area contributed by atoms with E-state index in [1.54, 1.807) is 24.3 Å². The van der Waals surface area contributed by atoms with Crippen LogP contribution in [0.2, 0.25) is 0 Å². The molecule has 1 atom stereocenters. The number of methoxy groups -OCH3 is 3. The van der Waals surface area contributed by atoms with Gasteiger partial charge in [0, 0.05) is 6.07 Å². The zero-order valence-electron chi connectivity index (χ0n) is 19.3. The van der Waals surface area contributed by atoms with Gasteiger partial charge in [-0.1, -0.05) is 17.3 Å². The van der Waals surface area contributed by atoms with Crippen molar-refractivity contribution in [1.29, 1.82) is 0 Å². The molecule has 13 heteroatoms. The quantitative estimate of drug-likeness (QED) is 0.193. The molecule has 1 aromatic heterocycles. The Bertz CT molecular complexity index is 1250. The van der Waals surface area contributed by atoms with Crippen molar-refractivity contribution < 1.29 is 38.6 Å². The van der Waals surface area contributed by atoms with E-state index in [9.17, 15) is 19.7 Å². The highest BCUT2D eigenvalue weighted by atomic mass is 16.7. The zero-order chi connectivity index (χ0) is 25.7. The Hall–Kier alpha value is -4.68. The summed E-state index contributed by atoms with van der Waals surface area (Å²) in [5, 5.41) is 28.7.